The molecule has 0 fully saturated rings. The molecule has 0 bridgehead atoms. The average Bonchev–Trinajstić information content (AvgIpc) is 3.14. The molecule has 1 aliphatic rings. The van der Waals surface area contributed by atoms with Crippen LogP contribution in [0.1, 0.15) is 16.1 Å². The van der Waals surface area contributed by atoms with E-state index in [0.29, 0.717) is 17.9 Å². The molecule has 2 aromatic heterocycles. The second-order valence-corrected chi connectivity index (χ2v) is 6.50. The minimum absolute atomic E-state index is 0.0310. The van der Waals surface area contributed by atoms with Gasteiger partial charge in [0.05, 0.1) is 17.3 Å². The molecule has 5 rings (SSSR count). The Morgan fingerprint density at radius 1 is 1.00 bits per heavy atom. The first-order valence-corrected chi connectivity index (χ1v) is 8.86. The maximum atomic E-state index is 12.1. The van der Waals surface area contributed by atoms with E-state index in [1.165, 1.54) is 0 Å². The number of rotatable bonds is 3. The number of fused-ring (bicyclic) bond motifs is 2. The van der Waals surface area contributed by atoms with Crippen molar-refractivity contribution in [1.82, 2.24) is 20.3 Å². The van der Waals surface area contributed by atoms with Gasteiger partial charge in [0.15, 0.2) is 0 Å². The number of carbonyl (C=O) groups is 1. The fourth-order valence-electron chi connectivity index (χ4n) is 3.42. The molecule has 0 radical (unpaired) electrons. The van der Waals surface area contributed by atoms with Crippen molar-refractivity contribution >= 4 is 28.4 Å². The molecule has 1 amide bonds. The molecule has 4 aromatic rings. The number of nitrogens with one attached hydrogen (secondary N) is 3. The van der Waals surface area contributed by atoms with Crippen LogP contribution in [0.25, 0.3) is 22.3 Å². The highest BCUT2D eigenvalue weighted by atomic mass is 16.1. The van der Waals surface area contributed by atoms with E-state index in [1.54, 1.807) is 6.20 Å². The summed E-state index contributed by atoms with van der Waals surface area (Å²) in [4.78, 5) is 24.8. The predicted molar refractivity (Wildman–Crippen MR) is 105 cm³/mol. The van der Waals surface area contributed by atoms with Gasteiger partial charge in [-0.25, -0.2) is 4.98 Å². The molecule has 6 heteroatoms. The molecule has 1 aliphatic heterocycles. The van der Waals surface area contributed by atoms with E-state index in [9.17, 15) is 4.79 Å². The van der Waals surface area contributed by atoms with Crippen LogP contribution in [0, 0.1) is 0 Å². The van der Waals surface area contributed by atoms with Crippen molar-refractivity contribution in [2.75, 3.05) is 11.9 Å². The summed E-state index contributed by atoms with van der Waals surface area (Å²) < 4.78 is 0. The van der Waals surface area contributed by atoms with Crippen LogP contribution < -0.4 is 10.6 Å². The second-order valence-electron chi connectivity index (χ2n) is 6.50. The Hall–Kier alpha value is -3.67. The van der Waals surface area contributed by atoms with Gasteiger partial charge < -0.3 is 15.6 Å². The Morgan fingerprint density at radius 2 is 1.89 bits per heavy atom. The topological polar surface area (TPSA) is 82.7 Å². The van der Waals surface area contributed by atoms with Gasteiger partial charge in [0.2, 0.25) is 0 Å². The van der Waals surface area contributed by atoms with Crippen molar-refractivity contribution < 1.29 is 4.79 Å². The molecule has 0 saturated heterocycles. The summed E-state index contributed by atoms with van der Waals surface area (Å²) in [5.74, 6) is 0.645. The lowest BCUT2D eigenvalue weighted by Crippen LogP contribution is -2.31. The molecule has 0 saturated carbocycles. The minimum Gasteiger partial charge on any atom is -0.358 e. The molecular formula is C21H17N5O. The maximum Gasteiger partial charge on any atom is 0.253 e. The third kappa shape index (κ3) is 2.81. The Bertz CT molecular complexity index is 1150. The van der Waals surface area contributed by atoms with Gasteiger partial charge in [-0.05, 0) is 24.3 Å². The summed E-state index contributed by atoms with van der Waals surface area (Å²) in [7, 11) is 0. The highest BCUT2D eigenvalue weighted by molar-refractivity contribution is 5.99. The third-order valence-corrected chi connectivity index (χ3v) is 4.71. The van der Waals surface area contributed by atoms with Gasteiger partial charge in [0, 0.05) is 35.6 Å². The summed E-state index contributed by atoms with van der Waals surface area (Å²) in [6.45, 7) is 0.659. The molecule has 0 spiro atoms. The number of carbonyl (C=O) groups excluding carboxylic acids is 1. The smallest absolute Gasteiger partial charge is 0.253 e. The van der Waals surface area contributed by atoms with Crippen LogP contribution in [0.15, 0.2) is 60.8 Å². The Kier molecular flexibility index (Phi) is 3.60. The maximum absolute atomic E-state index is 12.1. The van der Waals surface area contributed by atoms with Crippen LogP contribution >= 0.6 is 0 Å². The number of hydrogen-bond donors (Lipinski definition) is 3. The van der Waals surface area contributed by atoms with Crippen molar-refractivity contribution in [2.24, 2.45) is 0 Å². The van der Waals surface area contributed by atoms with Crippen molar-refractivity contribution in [3.05, 3.63) is 72.1 Å². The first-order chi connectivity index (χ1) is 13.3. The largest absolute Gasteiger partial charge is 0.358 e. The van der Waals surface area contributed by atoms with Gasteiger partial charge in [0.25, 0.3) is 5.91 Å². The van der Waals surface area contributed by atoms with Crippen LogP contribution in [-0.2, 0) is 6.42 Å². The molecular weight excluding hydrogens is 338 g/mol. The van der Waals surface area contributed by atoms with E-state index in [-0.39, 0.29) is 5.91 Å². The molecule has 2 aromatic carbocycles. The number of anilines is 2. The predicted octanol–water partition coefficient (Wildman–Crippen LogP) is 3.65. The number of nitrogens with zero attached hydrogens (tertiary/aromatic N) is 2. The standard InChI is InChI=1S/C21H17N5O/c27-21-15-11-18(25-16(15)9-10-22-21)14-7-4-8-17-20(14)26-19(12-23-17)24-13-5-2-1-3-6-13/h1-8,11-12,25H,9-10H2,(H,22,27)(H,24,26). The van der Waals surface area contributed by atoms with Gasteiger partial charge >= 0.3 is 0 Å². The zero-order chi connectivity index (χ0) is 18.2. The number of para-hydroxylation sites is 2. The van der Waals surface area contributed by atoms with Gasteiger partial charge in [-0.2, -0.15) is 0 Å². The molecule has 132 valence electrons. The van der Waals surface area contributed by atoms with E-state index >= 15 is 0 Å². The van der Waals surface area contributed by atoms with Crippen LogP contribution in [0.5, 0.6) is 0 Å². The summed E-state index contributed by atoms with van der Waals surface area (Å²) in [5.41, 5.74) is 6.04. The first-order valence-electron chi connectivity index (χ1n) is 8.86. The minimum atomic E-state index is -0.0310. The zero-order valence-electron chi connectivity index (χ0n) is 14.5. The monoisotopic (exact) mass is 355 g/mol. The van der Waals surface area contributed by atoms with Gasteiger partial charge in [-0.1, -0.05) is 30.3 Å². The number of H-pyrrole nitrogens is 1. The van der Waals surface area contributed by atoms with E-state index in [2.05, 4.69) is 20.6 Å². The van der Waals surface area contributed by atoms with Gasteiger partial charge in [0.1, 0.15) is 11.3 Å². The number of aromatic nitrogens is 3. The fraction of sp³-hybridized carbons (Fsp3) is 0.0952. The van der Waals surface area contributed by atoms with Crippen molar-refractivity contribution in [3.63, 3.8) is 0 Å². The summed E-state index contributed by atoms with van der Waals surface area (Å²) in [6.07, 6.45) is 2.53. The molecule has 27 heavy (non-hydrogen) atoms. The average molecular weight is 355 g/mol. The Labute approximate surface area is 155 Å². The van der Waals surface area contributed by atoms with Crippen LogP contribution in [0.4, 0.5) is 11.5 Å². The quantitative estimate of drug-likeness (QED) is 0.524. The Morgan fingerprint density at radius 3 is 2.74 bits per heavy atom. The summed E-state index contributed by atoms with van der Waals surface area (Å²) in [5, 5.41) is 6.16. The summed E-state index contributed by atoms with van der Waals surface area (Å²) in [6, 6.07) is 17.7. The van der Waals surface area contributed by atoms with Crippen molar-refractivity contribution in [3.8, 4) is 11.3 Å². The van der Waals surface area contributed by atoms with E-state index in [4.69, 9.17) is 4.98 Å². The molecule has 0 unspecified atom stereocenters. The van der Waals surface area contributed by atoms with E-state index in [1.807, 2.05) is 54.6 Å². The number of aromatic amines is 1. The highest BCUT2D eigenvalue weighted by Gasteiger charge is 2.21. The number of hydrogen-bond acceptors (Lipinski definition) is 4. The molecule has 3 N–H and O–H groups in total. The molecule has 6 nitrogen and oxygen atoms in total. The molecule has 3 heterocycles. The number of benzene rings is 2. The highest BCUT2D eigenvalue weighted by Crippen LogP contribution is 2.29. The lowest BCUT2D eigenvalue weighted by atomic mass is 10.1. The van der Waals surface area contributed by atoms with Gasteiger partial charge in [-0.15, -0.1) is 0 Å². The SMILES string of the molecule is O=C1NCCc2[nH]c(-c3cccc4ncc(Nc5ccccc5)nc34)cc21. The van der Waals surface area contributed by atoms with Crippen LogP contribution in [0.3, 0.4) is 0 Å². The van der Waals surface area contributed by atoms with Crippen molar-refractivity contribution in [2.45, 2.75) is 6.42 Å². The second kappa shape index (κ2) is 6.25. The van der Waals surface area contributed by atoms with Crippen LogP contribution in [-0.4, -0.2) is 27.4 Å². The summed E-state index contributed by atoms with van der Waals surface area (Å²) >= 11 is 0. The molecule has 0 aliphatic carbocycles. The fourth-order valence-corrected chi connectivity index (χ4v) is 3.42. The number of amides is 1. The first kappa shape index (κ1) is 15.6. The van der Waals surface area contributed by atoms with Gasteiger partial charge in [-0.3, -0.25) is 9.78 Å². The van der Waals surface area contributed by atoms with Crippen molar-refractivity contribution in [1.29, 1.82) is 0 Å². The zero-order valence-corrected chi connectivity index (χ0v) is 14.5. The lowest BCUT2D eigenvalue weighted by molar-refractivity contribution is 0.0946. The normalized spacial score (nSPS) is 13.3. The van der Waals surface area contributed by atoms with Crippen LogP contribution in [0.2, 0.25) is 0 Å². The third-order valence-electron chi connectivity index (χ3n) is 4.71. The lowest BCUT2D eigenvalue weighted by Gasteiger charge is -2.11. The van der Waals surface area contributed by atoms with E-state index in [0.717, 1.165) is 40.1 Å². The molecule has 0 atom stereocenters. The van der Waals surface area contributed by atoms with E-state index < -0.39 is 0 Å². The Balaban J connectivity index is 1.60.